The number of benzene rings is 8. The highest BCUT2D eigenvalue weighted by molar-refractivity contribution is 7.33. The van der Waals surface area contributed by atoms with Crippen molar-refractivity contribution in [2.45, 2.75) is 41.5 Å². The van der Waals surface area contributed by atoms with Crippen molar-refractivity contribution in [3.8, 4) is 56.4 Å². The number of rotatable bonds is 8. The van der Waals surface area contributed by atoms with Gasteiger partial charge >= 0.3 is 11.4 Å². The van der Waals surface area contributed by atoms with E-state index in [1.807, 2.05) is 0 Å². The number of hydrogen-bond acceptors (Lipinski definition) is 0. The summed E-state index contributed by atoms with van der Waals surface area (Å²) in [5.41, 5.74) is 15.8. The van der Waals surface area contributed by atoms with Gasteiger partial charge in [0.25, 0.3) is 0 Å². The summed E-state index contributed by atoms with van der Waals surface area (Å²) >= 11 is 18.7. The lowest BCUT2D eigenvalue weighted by atomic mass is 9.42. The van der Waals surface area contributed by atoms with Gasteiger partial charge in [-0.25, -0.2) is 9.13 Å². The molecular weight excluding hydrogens is 869 g/mol. The van der Waals surface area contributed by atoms with Gasteiger partial charge in [0, 0.05) is 22.3 Å². The molecule has 1 aliphatic rings. The molecule has 0 aliphatic carbocycles. The molecule has 0 fully saturated rings. The highest BCUT2D eigenvalue weighted by atomic mass is 35.5. The highest BCUT2D eigenvalue weighted by Gasteiger charge is 2.62. The molecule has 4 nitrogen and oxygen atoms in total. The summed E-state index contributed by atoms with van der Waals surface area (Å²) in [5.74, 6) is 0. The van der Waals surface area contributed by atoms with Crippen molar-refractivity contribution >= 4 is 56.7 Å². The maximum atomic E-state index is 9.37. The van der Waals surface area contributed by atoms with Crippen LogP contribution in [0.1, 0.15) is 33.4 Å². The molecule has 3 heterocycles. The molecule has 0 bridgehead atoms. The molecule has 11 rings (SSSR count). The Morgan fingerprint density at radius 2 is 0.588 bits per heavy atom. The average Bonchev–Trinajstić information content (AvgIpc) is 3.91. The molecule has 2 atom stereocenters. The summed E-state index contributed by atoms with van der Waals surface area (Å²) in [6.45, 7) is 13.3. The Balaban J connectivity index is 1.52. The smallest absolute Gasteiger partial charge is 0.403 e. The molecule has 2 aromatic heterocycles. The van der Waals surface area contributed by atoms with Crippen molar-refractivity contribution in [1.29, 1.82) is 0 Å². The van der Waals surface area contributed by atoms with E-state index in [-0.39, 0.29) is 0 Å². The van der Waals surface area contributed by atoms with E-state index in [1.165, 1.54) is 11.1 Å². The van der Waals surface area contributed by atoms with Gasteiger partial charge in [0.05, 0.1) is 0 Å². The number of nitrogens with zero attached hydrogens (tertiary/aromatic N) is 4. The van der Waals surface area contributed by atoms with Gasteiger partial charge in [-0.2, -0.15) is 0 Å². The monoisotopic (exact) mass is 920 g/mol. The standard InChI is InChI=1S/C60H52B2Cl2N4/c1-41-37-43(3)53(44(4)38-41)65-55(47-25-13-7-14-26-47)57(49-29-17-9-18-30-49)67-59(65)61(63,51-33-21-11-22-34-51)68-58(50-31-19-10-20-32-50)56(48-27-15-8-16-28-48)66(54-45(5)39-42(2)40-46(54)6)60(68)62(67,64)52-35-23-12-24-36-52/h7-40H,1-6H3/t61-,62+. The van der Waals surface area contributed by atoms with Gasteiger partial charge in [-0.15, -0.1) is 10.9 Å². The Kier molecular flexibility index (Phi) is 10.8. The molecule has 0 spiro atoms. The Morgan fingerprint density at radius 3 is 0.868 bits per heavy atom. The number of fused-ring (bicyclic) bond motifs is 2. The van der Waals surface area contributed by atoms with Crippen LogP contribution < -0.4 is 31.3 Å². The lowest BCUT2D eigenvalue weighted by molar-refractivity contribution is -0.562. The lowest BCUT2D eigenvalue weighted by Gasteiger charge is -2.46. The molecule has 10 aromatic rings. The second-order valence-corrected chi connectivity index (χ2v) is 20.0. The van der Waals surface area contributed by atoms with Gasteiger partial charge in [0.15, 0.2) is 11.4 Å². The van der Waals surface area contributed by atoms with Crippen molar-refractivity contribution in [3.05, 3.63) is 240 Å². The Hall–Kier alpha value is -7.11. The number of aromatic nitrogens is 4. The minimum Gasteiger partial charge on any atom is -0.428 e. The van der Waals surface area contributed by atoms with Crippen LogP contribution in [0.5, 0.6) is 0 Å². The molecule has 0 saturated heterocycles. The zero-order valence-electron chi connectivity index (χ0n) is 39.3. The molecule has 0 N–H and O–H groups in total. The van der Waals surface area contributed by atoms with Crippen LogP contribution in [-0.4, -0.2) is 20.5 Å². The molecule has 68 heavy (non-hydrogen) atoms. The number of imidazole rings is 2. The van der Waals surface area contributed by atoms with Crippen LogP contribution in [0.2, 0.25) is 0 Å². The van der Waals surface area contributed by atoms with Gasteiger partial charge in [-0.1, -0.05) is 217 Å². The first-order valence-electron chi connectivity index (χ1n) is 23.6. The van der Waals surface area contributed by atoms with Crippen LogP contribution in [0.25, 0.3) is 56.4 Å². The predicted octanol–water partition coefficient (Wildman–Crippen LogP) is 11.4. The van der Waals surface area contributed by atoms with Gasteiger partial charge in [0.2, 0.25) is 0 Å². The summed E-state index contributed by atoms with van der Waals surface area (Å²) in [6, 6.07) is 73.8. The normalized spacial score (nSPS) is 16.4. The fourth-order valence-electron chi connectivity index (χ4n) is 11.8. The van der Waals surface area contributed by atoms with Crippen LogP contribution >= 0.6 is 22.9 Å². The Bertz CT molecular complexity index is 3240. The van der Waals surface area contributed by atoms with E-state index >= 15 is 0 Å². The molecule has 0 unspecified atom stereocenters. The SMILES string of the molecule is Cc1cc(C)c(-n2c(-c3ccccc3)c(-c3ccccc3)[n+]3c2[B@-](Cl)(c2ccccc2)[n+]2c(-c4ccccc4)c(-c4ccccc4)n(-c4c(C)cc(C)cc4C)c2[B@@-]3(Cl)c2ccccc2)c(C)c1. The Morgan fingerprint density at radius 1 is 0.338 bits per heavy atom. The molecule has 0 radical (unpaired) electrons. The topological polar surface area (TPSA) is 17.6 Å². The van der Waals surface area contributed by atoms with Crippen molar-refractivity contribution in [2.24, 2.45) is 0 Å². The molecule has 332 valence electrons. The van der Waals surface area contributed by atoms with Gasteiger partial charge in [-0.3, -0.25) is 0 Å². The first kappa shape index (κ1) is 43.5. The van der Waals surface area contributed by atoms with Crippen molar-refractivity contribution in [3.63, 3.8) is 0 Å². The average molecular weight is 922 g/mol. The van der Waals surface area contributed by atoms with E-state index < -0.39 is 11.4 Å². The Labute approximate surface area is 410 Å². The van der Waals surface area contributed by atoms with Crippen LogP contribution in [0.3, 0.4) is 0 Å². The van der Waals surface area contributed by atoms with Crippen LogP contribution in [0.15, 0.2) is 206 Å². The van der Waals surface area contributed by atoms with E-state index in [1.54, 1.807) is 0 Å². The maximum Gasteiger partial charge on any atom is 0.403 e. The fourth-order valence-corrected chi connectivity index (χ4v) is 12.8. The number of halogens is 2. The predicted molar refractivity (Wildman–Crippen MR) is 288 cm³/mol. The third-order valence-electron chi connectivity index (χ3n) is 14.1. The molecule has 8 aromatic carbocycles. The molecule has 8 heteroatoms. The first-order chi connectivity index (χ1) is 33.0. The summed E-state index contributed by atoms with van der Waals surface area (Å²) in [4.78, 5) is 0. The summed E-state index contributed by atoms with van der Waals surface area (Å²) in [5, 5.41) is 0. The largest absolute Gasteiger partial charge is 0.428 e. The number of hydrogen-bond donors (Lipinski definition) is 0. The van der Waals surface area contributed by atoms with E-state index in [0.717, 1.165) is 101 Å². The lowest BCUT2D eigenvalue weighted by Crippen LogP contribution is -3.01. The summed E-state index contributed by atoms with van der Waals surface area (Å²) in [7, 11) is 0. The fraction of sp³-hybridized carbons (Fsp3) is 0.100. The minimum atomic E-state index is -2.59. The molecule has 0 saturated carbocycles. The van der Waals surface area contributed by atoms with Crippen molar-refractivity contribution in [1.82, 2.24) is 9.13 Å². The molecule has 1 aliphatic heterocycles. The van der Waals surface area contributed by atoms with Gasteiger partial charge < -0.3 is 31.9 Å². The first-order valence-corrected chi connectivity index (χ1v) is 24.5. The zero-order valence-corrected chi connectivity index (χ0v) is 40.8. The van der Waals surface area contributed by atoms with Gasteiger partial charge in [-0.05, 0) is 63.8 Å². The van der Waals surface area contributed by atoms with Gasteiger partial charge in [0.1, 0.15) is 34.2 Å². The third-order valence-corrected chi connectivity index (χ3v) is 15.4. The molecular formula is C60H52B2Cl2N4. The van der Waals surface area contributed by atoms with E-state index in [9.17, 15) is 22.9 Å². The van der Waals surface area contributed by atoms with Crippen LogP contribution in [0, 0.1) is 41.5 Å². The second-order valence-electron chi connectivity index (χ2n) is 18.7. The maximum absolute atomic E-state index is 9.37. The second kappa shape index (κ2) is 16.9. The van der Waals surface area contributed by atoms with E-state index in [4.69, 9.17) is 0 Å². The highest BCUT2D eigenvalue weighted by Crippen LogP contribution is 2.41. The minimum absolute atomic E-state index is 0.883. The summed E-state index contributed by atoms with van der Waals surface area (Å²) < 4.78 is 9.97. The van der Waals surface area contributed by atoms with Crippen LogP contribution in [-0.2, 0) is 0 Å². The summed E-state index contributed by atoms with van der Waals surface area (Å²) in [6.07, 6.45) is 0. The van der Waals surface area contributed by atoms with Crippen molar-refractivity contribution in [2.75, 3.05) is 0 Å². The van der Waals surface area contributed by atoms with Crippen LogP contribution in [0.4, 0.5) is 0 Å². The van der Waals surface area contributed by atoms with E-state index in [0.29, 0.717) is 0 Å². The third kappa shape index (κ3) is 6.60. The molecule has 0 amide bonds. The van der Waals surface area contributed by atoms with Crippen molar-refractivity contribution < 1.29 is 8.96 Å². The quantitative estimate of drug-likeness (QED) is 0.135. The van der Waals surface area contributed by atoms with E-state index in [2.05, 4.69) is 266 Å². The zero-order chi connectivity index (χ0) is 46.9. The number of aryl methyl sites for hydroxylation is 6.